The minimum absolute atomic E-state index is 0.260. The van der Waals surface area contributed by atoms with Gasteiger partial charge in [-0.15, -0.1) is 9.24 Å². The zero-order valence-electron chi connectivity index (χ0n) is 11.6. The molecule has 0 aromatic rings. The summed E-state index contributed by atoms with van der Waals surface area (Å²) in [5.74, 6) is 0. The van der Waals surface area contributed by atoms with Gasteiger partial charge < -0.3 is 9.80 Å². The third-order valence-electron chi connectivity index (χ3n) is 4.13. The molecule has 0 bridgehead atoms. The molecule has 4 nitrogen and oxygen atoms in total. The molecule has 2 rings (SSSR count). The van der Waals surface area contributed by atoms with Crippen LogP contribution in [0.3, 0.4) is 0 Å². The summed E-state index contributed by atoms with van der Waals surface area (Å²) in [6.07, 6.45) is 2.25. The van der Waals surface area contributed by atoms with Crippen LogP contribution in [0, 0.1) is 0 Å². The third kappa shape index (κ3) is 3.36. The fraction of sp³-hybridized carbons (Fsp3) is 0.923. The predicted octanol–water partition coefficient (Wildman–Crippen LogP) is 1.47. The first-order valence-corrected chi connectivity index (χ1v) is 7.78. The van der Waals surface area contributed by atoms with Crippen LogP contribution in [-0.4, -0.2) is 71.7 Å². The lowest BCUT2D eigenvalue weighted by molar-refractivity contribution is 0.0951. The van der Waals surface area contributed by atoms with Crippen LogP contribution >= 0.6 is 9.24 Å². The Kier molecular flexibility index (Phi) is 4.85. The van der Waals surface area contributed by atoms with Crippen molar-refractivity contribution in [3.8, 4) is 0 Å². The molecule has 2 aliphatic rings. The SMILES string of the molecule is CC(C)N1CCN(C(=O)N2CCC(P)CC2)CC1. The summed E-state index contributed by atoms with van der Waals surface area (Å²) < 4.78 is 0. The number of nitrogens with zero attached hydrogens (tertiary/aromatic N) is 3. The summed E-state index contributed by atoms with van der Waals surface area (Å²) in [6.45, 7) is 10.1. The van der Waals surface area contributed by atoms with Crippen LogP contribution < -0.4 is 0 Å². The fourth-order valence-corrected chi connectivity index (χ4v) is 3.02. The van der Waals surface area contributed by atoms with Crippen LogP contribution in [-0.2, 0) is 0 Å². The van der Waals surface area contributed by atoms with E-state index in [1.807, 2.05) is 9.80 Å². The predicted molar refractivity (Wildman–Crippen MR) is 78.0 cm³/mol. The molecule has 1 unspecified atom stereocenters. The van der Waals surface area contributed by atoms with Gasteiger partial charge in [-0.1, -0.05) is 0 Å². The van der Waals surface area contributed by atoms with Gasteiger partial charge in [0.25, 0.3) is 0 Å². The molecule has 18 heavy (non-hydrogen) atoms. The molecule has 0 spiro atoms. The molecule has 2 fully saturated rings. The van der Waals surface area contributed by atoms with Gasteiger partial charge in [-0.05, 0) is 32.3 Å². The smallest absolute Gasteiger partial charge is 0.320 e. The molecule has 1 atom stereocenters. The molecule has 0 aliphatic carbocycles. The summed E-state index contributed by atoms with van der Waals surface area (Å²) >= 11 is 0. The van der Waals surface area contributed by atoms with Gasteiger partial charge in [-0.3, -0.25) is 4.90 Å². The number of rotatable bonds is 1. The lowest BCUT2D eigenvalue weighted by Gasteiger charge is -2.40. The average Bonchev–Trinajstić information content (AvgIpc) is 2.39. The molecule has 104 valence electrons. The van der Waals surface area contributed by atoms with Crippen molar-refractivity contribution in [1.29, 1.82) is 0 Å². The Morgan fingerprint density at radius 3 is 2.00 bits per heavy atom. The molecular formula is C13H26N3OP. The van der Waals surface area contributed by atoms with Crippen LogP contribution in [0.1, 0.15) is 26.7 Å². The molecule has 2 aliphatic heterocycles. The molecule has 2 amide bonds. The molecule has 0 aromatic heterocycles. The van der Waals surface area contributed by atoms with E-state index in [-0.39, 0.29) is 6.03 Å². The topological polar surface area (TPSA) is 26.8 Å². The minimum atomic E-state index is 0.260. The van der Waals surface area contributed by atoms with Crippen molar-refractivity contribution in [2.75, 3.05) is 39.3 Å². The number of piperazine rings is 1. The van der Waals surface area contributed by atoms with E-state index in [0.717, 1.165) is 52.1 Å². The first-order valence-electron chi connectivity index (χ1n) is 7.11. The van der Waals surface area contributed by atoms with Gasteiger partial charge in [-0.25, -0.2) is 4.79 Å². The second-order valence-electron chi connectivity index (χ2n) is 5.72. The van der Waals surface area contributed by atoms with Crippen LogP contribution in [0.4, 0.5) is 4.79 Å². The third-order valence-corrected chi connectivity index (χ3v) is 4.79. The van der Waals surface area contributed by atoms with E-state index < -0.39 is 0 Å². The monoisotopic (exact) mass is 271 g/mol. The number of hydrogen-bond donors (Lipinski definition) is 0. The van der Waals surface area contributed by atoms with Gasteiger partial charge >= 0.3 is 6.03 Å². The van der Waals surface area contributed by atoms with Gasteiger partial charge in [0.15, 0.2) is 0 Å². The van der Waals surface area contributed by atoms with Crippen molar-refractivity contribution in [3.05, 3.63) is 0 Å². The lowest BCUT2D eigenvalue weighted by Crippen LogP contribution is -2.55. The highest BCUT2D eigenvalue weighted by atomic mass is 31.0. The molecule has 2 heterocycles. The molecule has 5 heteroatoms. The average molecular weight is 271 g/mol. The number of likely N-dealkylation sites (tertiary alicyclic amines) is 1. The quantitative estimate of drug-likeness (QED) is 0.675. The number of piperidine rings is 1. The van der Waals surface area contributed by atoms with E-state index in [4.69, 9.17) is 0 Å². The van der Waals surface area contributed by atoms with Gasteiger partial charge in [0.05, 0.1) is 0 Å². The molecule has 0 radical (unpaired) electrons. The zero-order chi connectivity index (χ0) is 13.1. The lowest BCUT2D eigenvalue weighted by atomic mass is 10.1. The normalized spacial score (nSPS) is 23.8. The maximum Gasteiger partial charge on any atom is 0.320 e. The largest absolute Gasteiger partial charge is 0.325 e. The second-order valence-corrected chi connectivity index (χ2v) is 6.67. The van der Waals surface area contributed by atoms with Gasteiger partial charge in [0.2, 0.25) is 0 Å². The Morgan fingerprint density at radius 1 is 1.00 bits per heavy atom. The molecule has 0 N–H and O–H groups in total. The summed E-state index contributed by atoms with van der Waals surface area (Å²) in [6, 6.07) is 0.852. The highest BCUT2D eigenvalue weighted by Crippen LogP contribution is 2.19. The van der Waals surface area contributed by atoms with Crippen molar-refractivity contribution in [2.45, 2.75) is 38.4 Å². The number of carbonyl (C=O) groups excluding carboxylic acids is 1. The van der Waals surface area contributed by atoms with Crippen LogP contribution in [0.15, 0.2) is 0 Å². The molecule has 0 saturated carbocycles. The van der Waals surface area contributed by atoms with E-state index in [0.29, 0.717) is 11.7 Å². The number of hydrogen-bond acceptors (Lipinski definition) is 2. The molecular weight excluding hydrogens is 245 g/mol. The van der Waals surface area contributed by atoms with Crippen LogP contribution in [0.25, 0.3) is 0 Å². The van der Waals surface area contributed by atoms with Gasteiger partial charge in [0.1, 0.15) is 0 Å². The molecule has 0 aromatic carbocycles. The highest BCUT2D eigenvalue weighted by molar-refractivity contribution is 7.17. The number of amides is 2. The fourth-order valence-electron chi connectivity index (χ4n) is 2.72. The van der Waals surface area contributed by atoms with E-state index in [9.17, 15) is 4.79 Å². The minimum Gasteiger partial charge on any atom is -0.325 e. The van der Waals surface area contributed by atoms with Crippen molar-refractivity contribution in [3.63, 3.8) is 0 Å². The first-order chi connectivity index (χ1) is 8.58. The maximum absolute atomic E-state index is 12.4. The van der Waals surface area contributed by atoms with Crippen molar-refractivity contribution in [2.24, 2.45) is 0 Å². The van der Waals surface area contributed by atoms with Crippen molar-refractivity contribution in [1.82, 2.24) is 14.7 Å². The van der Waals surface area contributed by atoms with E-state index in [2.05, 4.69) is 28.0 Å². The Morgan fingerprint density at radius 2 is 1.50 bits per heavy atom. The summed E-state index contributed by atoms with van der Waals surface area (Å²) in [7, 11) is 2.88. The first kappa shape index (κ1) is 14.1. The van der Waals surface area contributed by atoms with Crippen molar-refractivity contribution < 1.29 is 4.79 Å². The van der Waals surface area contributed by atoms with E-state index in [1.54, 1.807) is 0 Å². The van der Waals surface area contributed by atoms with E-state index in [1.165, 1.54) is 0 Å². The Bertz CT molecular complexity index is 282. The standard InChI is InChI=1S/C13H26N3OP/c1-11(2)14-7-9-16(10-8-14)13(17)15-5-3-12(18)4-6-15/h11-12H,3-10,18H2,1-2H3. The Labute approximate surface area is 113 Å². The van der Waals surface area contributed by atoms with E-state index >= 15 is 0 Å². The number of carbonyl (C=O) groups is 1. The van der Waals surface area contributed by atoms with Crippen molar-refractivity contribution >= 4 is 15.3 Å². The molecule has 2 saturated heterocycles. The van der Waals surface area contributed by atoms with Gasteiger partial charge in [0, 0.05) is 45.3 Å². The summed E-state index contributed by atoms with van der Waals surface area (Å²) in [5.41, 5.74) is 0.701. The summed E-state index contributed by atoms with van der Waals surface area (Å²) in [4.78, 5) is 18.9. The highest BCUT2D eigenvalue weighted by Gasteiger charge is 2.27. The second kappa shape index (κ2) is 6.21. The maximum atomic E-state index is 12.4. The Balaban J connectivity index is 1.80. The Hall–Kier alpha value is -0.340. The van der Waals surface area contributed by atoms with Crippen LogP contribution in [0.5, 0.6) is 0 Å². The number of urea groups is 1. The zero-order valence-corrected chi connectivity index (χ0v) is 12.8. The van der Waals surface area contributed by atoms with Gasteiger partial charge in [-0.2, -0.15) is 0 Å². The summed E-state index contributed by atoms with van der Waals surface area (Å²) in [5, 5.41) is 0. The van der Waals surface area contributed by atoms with Crippen LogP contribution in [0.2, 0.25) is 0 Å².